The van der Waals surface area contributed by atoms with Crippen molar-refractivity contribution in [3.63, 3.8) is 0 Å². The topological polar surface area (TPSA) is 96.8 Å². The lowest BCUT2D eigenvalue weighted by atomic mass is 9.70. The van der Waals surface area contributed by atoms with Crippen molar-refractivity contribution in [3.05, 3.63) is 46.8 Å². The molecule has 9 heteroatoms. The van der Waals surface area contributed by atoms with E-state index in [9.17, 15) is 22.8 Å². The standard InChI is InChI=1S/C31H39N3O5S/c1-18-23-14-24(25(18)17-40(2,38)39)29-28(23)30(36)33(31(29)37)16-21-13-20(21)15-32-11-9-22(10-12-32)34-26-6-4-3-5-19(26)7-8-27(34)35/h3-8,18,20-25,28-29H,9-17H2,1-2H3/t18?,20-,21-,23?,24?,25?,28?,29?/m1/s1. The largest absolute Gasteiger partial charge is 0.305 e. The minimum Gasteiger partial charge on any atom is -0.305 e. The molecule has 1 aromatic carbocycles. The Hall–Kier alpha value is -2.52. The van der Waals surface area contributed by atoms with Crippen molar-refractivity contribution in [1.29, 1.82) is 0 Å². The molecular formula is C31H39N3O5S. The van der Waals surface area contributed by atoms with E-state index in [0.717, 1.165) is 56.2 Å². The van der Waals surface area contributed by atoms with Gasteiger partial charge >= 0.3 is 0 Å². The predicted octanol–water partition coefficient (Wildman–Crippen LogP) is 2.82. The molecule has 0 N–H and O–H groups in total. The summed E-state index contributed by atoms with van der Waals surface area (Å²) < 4.78 is 26.1. The van der Waals surface area contributed by atoms with Gasteiger partial charge in [-0.1, -0.05) is 25.1 Å². The molecule has 2 amide bonds. The number of pyridine rings is 1. The number of amides is 2. The summed E-state index contributed by atoms with van der Waals surface area (Å²) in [6, 6.07) is 11.9. The van der Waals surface area contributed by atoms with E-state index in [1.807, 2.05) is 28.8 Å². The van der Waals surface area contributed by atoms with Gasteiger partial charge in [-0.2, -0.15) is 0 Å². The maximum atomic E-state index is 13.5. The van der Waals surface area contributed by atoms with Crippen LogP contribution in [-0.4, -0.2) is 72.8 Å². The molecule has 0 spiro atoms. The Bertz CT molecular complexity index is 1530. The zero-order chi connectivity index (χ0) is 27.9. The Morgan fingerprint density at radius 2 is 1.52 bits per heavy atom. The van der Waals surface area contributed by atoms with Gasteiger partial charge in [0.1, 0.15) is 9.84 Å². The van der Waals surface area contributed by atoms with Crippen molar-refractivity contribution in [2.24, 2.45) is 47.3 Å². The quantitative estimate of drug-likeness (QED) is 0.479. The van der Waals surface area contributed by atoms with Gasteiger partial charge in [-0.3, -0.25) is 19.3 Å². The molecule has 214 valence electrons. The molecule has 3 aliphatic carbocycles. The number of likely N-dealkylation sites (tertiary alicyclic amines) is 2. The minimum absolute atomic E-state index is 0.000787. The highest BCUT2D eigenvalue weighted by molar-refractivity contribution is 7.90. The number of hydrogen-bond donors (Lipinski definition) is 0. The average molecular weight is 566 g/mol. The van der Waals surface area contributed by atoms with E-state index in [0.29, 0.717) is 18.4 Å². The van der Waals surface area contributed by atoms with Crippen LogP contribution in [0.1, 0.15) is 38.6 Å². The highest BCUT2D eigenvalue weighted by Crippen LogP contribution is 2.61. The molecule has 5 fully saturated rings. The molecule has 2 saturated heterocycles. The summed E-state index contributed by atoms with van der Waals surface area (Å²) in [4.78, 5) is 43.7. The van der Waals surface area contributed by atoms with Crippen LogP contribution in [0.25, 0.3) is 10.9 Å². The van der Waals surface area contributed by atoms with E-state index < -0.39 is 9.84 Å². The average Bonchev–Trinajstić information content (AvgIpc) is 3.30. The maximum absolute atomic E-state index is 13.5. The highest BCUT2D eigenvalue weighted by atomic mass is 32.2. The van der Waals surface area contributed by atoms with E-state index >= 15 is 0 Å². The fourth-order valence-electron chi connectivity index (χ4n) is 9.05. The summed E-state index contributed by atoms with van der Waals surface area (Å²) >= 11 is 0. The first-order valence-electron chi connectivity index (χ1n) is 15.0. The monoisotopic (exact) mass is 565 g/mol. The lowest BCUT2D eigenvalue weighted by Crippen LogP contribution is -2.39. The predicted molar refractivity (Wildman–Crippen MR) is 152 cm³/mol. The minimum atomic E-state index is -3.13. The highest BCUT2D eigenvalue weighted by Gasteiger charge is 2.66. The zero-order valence-corrected chi connectivity index (χ0v) is 24.1. The van der Waals surface area contributed by atoms with Crippen molar-refractivity contribution in [3.8, 4) is 0 Å². The molecule has 2 bridgehead atoms. The van der Waals surface area contributed by atoms with E-state index in [1.165, 1.54) is 6.26 Å². The first-order valence-corrected chi connectivity index (χ1v) is 17.0. The van der Waals surface area contributed by atoms with Crippen molar-refractivity contribution < 1.29 is 18.0 Å². The zero-order valence-electron chi connectivity index (χ0n) is 23.3. The number of piperidine rings is 1. The molecule has 40 heavy (non-hydrogen) atoms. The molecule has 3 saturated carbocycles. The SMILES string of the molecule is CC1C(CS(C)(=O)=O)C2CC1C1C(=O)N(C[C@H]3C[C@@H]3CN3CCC(n4c(=O)ccc5ccccc54)CC3)C(=O)C21. The number of hydrogen-bond acceptors (Lipinski definition) is 6. The lowest BCUT2D eigenvalue weighted by Gasteiger charge is -2.33. The Labute approximate surface area is 235 Å². The van der Waals surface area contributed by atoms with Crippen molar-refractivity contribution in [2.75, 3.05) is 38.2 Å². The first-order chi connectivity index (χ1) is 19.1. The fourth-order valence-corrected chi connectivity index (χ4v) is 10.3. The number of nitrogens with zero attached hydrogens (tertiary/aromatic N) is 3. The Balaban J connectivity index is 0.949. The summed E-state index contributed by atoms with van der Waals surface area (Å²) in [7, 11) is -3.13. The molecule has 8 nitrogen and oxygen atoms in total. The van der Waals surface area contributed by atoms with Crippen LogP contribution in [0.15, 0.2) is 41.2 Å². The summed E-state index contributed by atoms with van der Waals surface area (Å²) in [6.45, 7) is 5.45. The van der Waals surface area contributed by atoms with Crippen LogP contribution in [-0.2, 0) is 19.4 Å². The first kappa shape index (κ1) is 26.4. The number of sulfone groups is 1. The molecular weight excluding hydrogens is 526 g/mol. The van der Waals surface area contributed by atoms with Gasteiger partial charge < -0.3 is 9.47 Å². The van der Waals surface area contributed by atoms with Gasteiger partial charge in [0, 0.05) is 44.5 Å². The Kier molecular flexibility index (Phi) is 6.27. The van der Waals surface area contributed by atoms with Gasteiger partial charge in [-0.25, -0.2) is 8.42 Å². The van der Waals surface area contributed by atoms with Gasteiger partial charge in [-0.05, 0) is 78.7 Å². The second-order valence-electron chi connectivity index (χ2n) is 13.4. The van der Waals surface area contributed by atoms with E-state index in [2.05, 4.69) is 17.9 Å². The van der Waals surface area contributed by atoms with Crippen molar-refractivity contribution in [2.45, 2.75) is 38.6 Å². The summed E-state index contributed by atoms with van der Waals surface area (Å²) in [5.74, 6) is 0.679. The summed E-state index contributed by atoms with van der Waals surface area (Å²) in [6.07, 6.45) is 5.00. The molecule has 8 atom stereocenters. The van der Waals surface area contributed by atoms with Crippen molar-refractivity contribution >= 4 is 32.6 Å². The third-order valence-electron chi connectivity index (χ3n) is 11.1. The number of carbonyl (C=O) groups excluding carboxylic acids is 2. The number of imide groups is 1. The summed E-state index contributed by atoms with van der Waals surface area (Å²) in [5, 5.41) is 1.09. The fraction of sp³-hybridized carbons (Fsp3) is 0.645. The molecule has 3 heterocycles. The van der Waals surface area contributed by atoms with Crippen LogP contribution < -0.4 is 5.56 Å². The van der Waals surface area contributed by atoms with Crippen LogP contribution in [0, 0.1) is 47.3 Å². The number of aromatic nitrogens is 1. The van der Waals surface area contributed by atoms with Gasteiger partial charge in [0.15, 0.2) is 0 Å². The smallest absolute Gasteiger partial charge is 0.251 e. The van der Waals surface area contributed by atoms with Crippen LogP contribution in [0.4, 0.5) is 0 Å². The van der Waals surface area contributed by atoms with Crippen LogP contribution in [0.5, 0.6) is 0 Å². The van der Waals surface area contributed by atoms with Gasteiger partial charge in [-0.15, -0.1) is 0 Å². The third-order valence-corrected chi connectivity index (χ3v) is 12.1. The second kappa shape index (κ2) is 9.51. The normalized spacial score (nSPS) is 36.1. The van der Waals surface area contributed by atoms with Crippen LogP contribution >= 0.6 is 0 Å². The molecule has 5 aliphatic rings. The Morgan fingerprint density at radius 1 is 0.850 bits per heavy atom. The lowest BCUT2D eigenvalue weighted by molar-refractivity contribution is -0.141. The number of para-hydroxylation sites is 1. The summed E-state index contributed by atoms with van der Waals surface area (Å²) in [5.41, 5.74) is 1.07. The van der Waals surface area contributed by atoms with Gasteiger partial charge in [0.2, 0.25) is 11.8 Å². The molecule has 0 radical (unpaired) electrons. The van der Waals surface area contributed by atoms with E-state index in [-0.39, 0.29) is 64.7 Å². The molecule has 1 aromatic heterocycles. The van der Waals surface area contributed by atoms with Gasteiger partial charge in [0.05, 0.1) is 23.1 Å². The van der Waals surface area contributed by atoms with E-state index in [4.69, 9.17) is 0 Å². The molecule has 7 rings (SSSR count). The Morgan fingerprint density at radius 3 is 2.25 bits per heavy atom. The number of carbonyl (C=O) groups is 2. The number of benzene rings is 1. The molecule has 6 unspecified atom stereocenters. The van der Waals surface area contributed by atoms with Crippen LogP contribution in [0.2, 0.25) is 0 Å². The molecule has 2 aromatic rings. The van der Waals surface area contributed by atoms with E-state index in [1.54, 1.807) is 11.0 Å². The van der Waals surface area contributed by atoms with Gasteiger partial charge in [0.25, 0.3) is 5.56 Å². The van der Waals surface area contributed by atoms with Crippen LogP contribution in [0.3, 0.4) is 0 Å². The molecule has 2 aliphatic heterocycles. The second-order valence-corrected chi connectivity index (χ2v) is 15.6. The van der Waals surface area contributed by atoms with Crippen molar-refractivity contribution in [1.82, 2.24) is 14.4 Å². The number of fused-ring (bicyclic) bond motifs is 6. The third kappa shape index (κ3) is 4.35. The maximum Gasteiger partial charge on any atom is 0.251 e. The number of rotatable bonds is 7.